The first-order valence-electron chi connectivity index (χ1n) is 13.3. The van der Waals surface area contributed by atoms with Crippen LogP contribution in [-0.4, -0.2) is 72.5 Å². The average Bonchev–Trinajstić information content (AvgIpc) is 3.22. The molecule has 1 saturated heterocycles. The molecule has 198 valence electrons. The molecule has 0 saturated carbocycles. The Bertz CT molecular complexity index is 1190. The van der Waals surface area contributed by atoms with Crippen LogP contribution in [0.1, 0.15) is 53.1 Å². The molecule has 0 spiro atoms. The van der Waals surface area contributed by atoms with E-state index in [9.17, 15) is 5.11 Å². The monoisotopic (exact) mass is 520 g/mol. The van der Waals surface area contributed by atoms with Crippen LogP contribution < -0.4 is 16.1 Å². The molecule has 1 fully saturated rings. The molecule has 0 aromatic heterocycles. The quantitative estimate of drug-likeness (QED) is 0.394. The molecule has 2 atom stereocenters. The summed E-state index contributed by atoms with van der Waals surface area (Å²) in [6.07, 6.45) is 9.94. The summed E-state index contributed by atoms with van der Waals surface area (Å²) < 4.78 is 0. The third-order valence-corrected chi connectivity index (χ3v) is 9.41. The summed E-state index contributed by atoms with van der Waals surface area (Å²) in [5.74, 6) is 1.28. The number of nitrogens with zero attached hydrogens (tertiary/aromatic N) is 4. The van der Waals surface area contributed by atoms with Crippen LogP contribution >= 0.6 is 11.8 Å². The molecular weight excluding hydrogens is 480 g/mol. The van der Waals surface area contributed by atoms with Crippen molar-refractivity contribution in [2.75, 3.05) is 50.7 Å². The van der Waals surface area contributed by atoms with Gasteiger partial charge in [0.25, 0.3) is 0 Å². The lowest BCUT2D eigenvalue weighted by molar-refractivity contribution is 0.229. The Hall–Kier alpha value is -2.68. The number of hydrazine groups is 1. The number of aliphatic hydroxyl groups is 1. The summed E-state index contributed by atoms with van der Waals surface area (Å²) in [6.45, 7) is 5.29. The molecule has 0 radical (unpaired) electrons. The Morgan fingerprint density at radius 2 is 1.97 bits per heavy atom. The highest BCUT2D eigenvalue weighted by atomic mass is 32.2. The second kappa shape index (κ2) is 11.0. The fourth-order valence-electron chi connectivity index (χ4n) is 6.25. The Balaban J connectivity index is 1.49. The van der Waals surface area contributed by atoms with Crippen molar-refractivity contribution < 1.29 is 5.11 Å². The van der Waals surface area contributed by atoms with Gasteiger partial charge in [-0.1, -0.05) is 24.3 Å². The smallest absolute Gasteiger partial charge is 0.0973 e. The van der Waals surface area contributed by atoms with E-state index in [0.717, 1.165) is 59.2 Å². The number of hydrogen-bond donors (Lipinski definition) is 3. The van der Waals surface area contributed by atoms with Gasteiger partial charge in [-0.3, -0.25) is 10.0 Å². The number of nitrogen functional groups attached to an aromatic ring is 1. The predicted molar refractivity (Wildman–Crippen MR) is 156 cm³/mol. The fraction of sp³-hybridized carbons (Fsp3) is 0.483. The minimum Gasteiger partial charge on any atom is -0.398 e. The van der Waals surface area contributed by atoms with Crippen molar-refractivity contribution in [1.82, 2.24) is 15.2 Å². The number of rotatable bonds is 6. The summed E-state index contributed by atoms with van der Waals surface area (Å²) in [5, 5.41) is 19.4. The van der Waals surface area contributed by atoms with Gasteiger partial charge in [0.05, 0.1) is 30.2 Å². The third kappa shape index (κ3) is 4.71. The van der Waals surface area contributed by atoms with Crippen LogP contribution in [0.4, 0.5) is 11.4 Å². The molecule has 5 rings (SSSR count). The summed E-state index contributed by atoms with van der Waals surface area (Å²) in [7, 11) is 3.96. The van der Waals surface area contributed by atoms with Crippen LogP contribution in [-0.2, 0) is 6.61 Å². The number of aliphatic hydroxyl groups excluding tert-OH is 1. The van der Waals surface area contributed by atoms with Gasteiger partial charge < -0.3 is 21.1 Å². The Kier molecular flexibility index (Phi) is 7.70. The highest BCUT2D eigenvalue weighted by molar-refractivity contribution is 7.99. The van der Waals surface area contributed by atoms with Gasteiger partial charge in [-0.15, -0.1) is 0 Å². The first kappa shape index (κ1) is 25.9. The molecule has 3 aliphatic heterocycles. The summed E-state index contributed by atoms with van der Waals surface area (Å²) >= 11 is 2.00. The summed E-state index contributed by atoms with van der Waals surface area (Å²) in [5.41, 5.74) is 13.8. The molecule has 2 aromatic carbocycles. The molecule has 7 nitrogen and oxygen atoms in total. The molecule has 4 N–H and O–H groups in total. The highest BCUT2D eigenvalue weighted by Crippen LogP contribution is 2.48. The number of nitrogens with one attached hydrogen (secondary N) is 1. The normalized spacial score (nSPS) is 22.9. The molecule has 2 aromatic rings. The second-order valence-corrected chi connectivity index (χ2v) is 11.4. The van der Waals surface area contributed by atoms with E-state index < -0.39 is 0 Å². The van der Waals surface area contributed by atoms with Crippen LogP contribution in [0.5, 0.6) is 0 Å². The van der Waals surface area contributed by atoms with Crippen molar-refractivity contribution in [2.24, 2.45) is 4.99 Å². The minimum absolute atomic E-state index is 0.00823. The Morgan fingerprint density at radius 3 is 2.62 bits per heavy atom. The molecular formula is C29H40N6OS. The van der Waals surface area contributed by atoms with Crippen molar-refractivity contribution in [3.8, 4) is 0 Å². The first-order chi connectivity index (χ1) is 18.0. The maximum absolute atomic E-state index is 10.1. The molecule has 3 heterocycles. The molecule has 0 amide bonds. The van der Waals surface area contributed by atoms with Crippen molar-refractivity contribution >= 4 is 29.4 Å². The maximum Gasteiger partial charge on any atom is 0.0973 e. The first-order valence-corrected chi connectivity index (χ1v) is 14.5. The van der Waals surface area contributed by atoms with Crippen LogP contribution in [0.3, 0.4) is 0 Å². The van der Waals surface area contributed by atoms with Gasteiger partial charge >= 0.3 is 0 Å². The van der Waals surface area contributed by atoms with Crippen molar-refractivity contribution in [1.29, 1.82) is 0 Å². The average molecular weight is 521 g/mol. The minimum atomic E-state index is 0.00823. The SMILES string of the molecule is CN=Cc1c(N)cccc1C1c2ccc(CO)c(C)c2N(C2CC=C(N3CCC(SC)CC3)NC2)N1C. The summed E-state index contributed by atoms with van der Waals surface area (Å²) in [6, 6.07) is 10.6. The van der Waals surface area contributed by atoms with E-state index in [2.05, 4.69) is 69.7 Å². The van der Waals surface area contributed by atoms with Crippen LogP contribution in [0.15, 0.2) is 47.2 Å². The number of benzene rings is 2. The van der Waals surface area contributed by atoms with E-state index in [1.165, 1.54) is 29.9 Å². The van der Waals surface area contributed by atoms with Crippen molar-refractivity contribution in [3.05, 3.63) is 70.0 Å². The van der Waals surface area contributed by atoms with E-state index in [1.54, 1.807) is 7.05 Å². The number of likely N-dealkylation sites (tertiary alicyclic amines) is 1. The maximum atomic E-state index is 10.1. The van der Waals surface area contributed by atoms with Crippen LogP contribution in [0, 0.1) is 6.92 Å². The van der Waals surface area contributed by atoms with Crippen LogP contribution in [0.25, 0.3) is 0 Å². The van der Waals surface area contributed by atoms with Gasteiger partial charge in [0, 0.05) is 62.0 Å². The standard InChI is InChI=1S/C29H40N6OS/c1-19-20(18-36)8-10-24-28(19)35(33(3)29(24)23-6-5-7-26(30)25(23)17-31-2)21-9-11-27(32-16-21)34-14-12-22(37-4)13-15-34/h5-8,10-11,17,21-22,29,32,36H,9,12-16,18,30H2,1-4H3. The zero-order valence-electron chi connectivity index (χ0n) is 22.4. The number of thioether (sulfide) groups is 1. The lowest BCUT2D eigenvalue weighted by Gasteiger charge is -2.42. The van der Waals surface area contributed by atoms with Gasteiger partial charge in [0.2, 0.25) is 0 Å². The summed E-state index contributed by atoms with van der Waals surface area (Å²) in [4.78, 5) is 6.82. The molecule has 0 aliphatic carbocycles. The predicted octanol–water partition coefficient (Wildman–Crippen LogP) is 3.91. The van der Waals surface area contributed by atoms with Gasteiger partial charge in [0.1, 0.15) is 0 Å². The van der Waals surface area contributed by atoms with E-state index in [-0.39, 0.29) is 18.7 Å². The molecule has 37 heavy (non-hydrogen) atoms. The van der Waals surface area contributed by atoms with E-state index >= 15 is 0 Å². The zero-order valence-corrected chi connectivity index (χ0v) is 23.3. The zero-order chi connectivity index (χ0) is 26.1. The highest BCUT2D eigenvalue weighted by Gasteiger charge is 2.41. The number of nitrogens with two attached hydrogens (primary N) is 1. The Labute approximate surface area is 225 Å². The van der Waals surface area contributed by atoms with Gasteiger partial charge in [-0.05, 0) is 61.3 Å². The van der Waals surface area contributed by atoms with E-state index in [1.807, 2.05) is 30.1 Å². The van der Waals surface area contributed by atoms with Gasteiger partial charge in [-0.2, -0.15) is 11.8 Å². The van der Waals surface area contributed by atoms with E-state index in [0.29, 0.717) is 0 Å². The number of anilines is 2. The number of fused-ring (bicyclic) bond motifs is 1. The molecule has 2 unspecified atom stereocenters. The lowest BCUT2D eigenvalue weighted by atomic mass is 9.91. The Morgan fingerprint density at radius 1 is 1.19 bits per heavy atom. The topological polar surface area (TPSA) is 80.4 Å². The largest absolute Gasteiger partial charge is 0.398 e. The number of hydrogen-bond acceptors (Lipinski definition) is 8. The van der Waals surface area contributed by atoms with Crippen molar-refractivity contribution in [3.63, 3.8) is 0 Å². The number of piperidine rings is 1. The fourth-order valence-corrected chi connectivity index (χ4v) is 6.94. The third-order valence-electron chi connectivity index (χ3n) is 8.27. The molecule has 3 aliphatic rings. The number of aliphatic imine (C=N–C) groups is 1. The molecule has 0 bridgehead atoms. The van der Waals surface area contributed by atoms with Gasteiger partial charge in [0.15, 0.2) is 0 Å². The van der Waals surface area contributed by atoms with Gasteiger partial charge in [-0.25, -0.2) is 5.01 Å². The second-order valence-electron chi connectivity index (χ2n) is 10.3. The molecule has 8 heteroatoms. The van der Waals surface area contributed by atoms with E-state index in [4.69, 9.17) is 5.73 Å². The van der Waals surface area contributed by atoms with Crippen LogP contribution in [0.2, 0.25) is 0 Å². The van der Waals surface area contributed by atoms with Crippen molar-refractivity contribution in [2.45, 2.75) is 50.1 Å². The lowest BCUT2D eigenvalue weighted by Crippen LogP contribution is -2.52.